The average Bonchev–Trinajstić information content (AvgIpc) is 3.23. The molecule has 0 saturated heterocycles. The van der Waals surface area contributed by atoms with Crippen LogP contribution >= 0.6 is 18.9 Å². The zero-order chi connectivity index (χ0) is 24.2. The molecule has 1 heterocycles. The molecule has 11 heteroatoms. The third-order valence-electron chi connectivity index (χ3n) is 4.59. The van der Waals surface area contributed by atoms with Gasteiger partial charge in [-0.3, -0.25) is 9.36 Å². The van der Waals surface area contributed by atoms with Crippen molar-refractivity contribution in [3.8, 4) is 5.75 Å². The second-order valence-corrected chi connectivity index (χ2v) is 10.3. The molecule has 33 heavy (non-hydrogen) atoms. The molecule has 3 rings (SSSR count). The number of hydrogen-bond acceptors (Lipinski definition) is 6. The van der Waals surface area contributed by atoms with Crippen LogP contribution in [0.25, 0.3) is 10.1 Å². The number of rotatable bonds is 10. The van der Waals surface area contributed by atoms with E-state index in [0.29, 0.717) is 11.1 Å². The van der Waals surface area contributed by atoms with Gasteiger partial charge in [0.2, 0.25) is 5.91 Å². The minimum absolute atomic E-state index is 0.0512. The highest BCUT2D eigenvalue weighted by Gasteiger charge is 2.42. The van der Waals surface area contributed by atoms with Crippen LogP contribution in [-0.2, 0) is 14.1 Å². The van der Waals surface area contributed by atoms with Crippen LogP contribution in [0.2, 0.25) is 0 Å². The molecule has 0 aliphatic rings. The zero-order valence-electron chi connectivity index (χ0n) is 17.8. The van der Waals surface area contributed by atoms with Gasteiger partial charge < -0.3 is 14.4 Å². The number of carbonyl (C=O) groups excluding carboxylic acids is 1. The van der Waals surface area contributed by atoms with Gasteiger partial charge in [0, 0.05) is 15.6 Å². The summed E-state index contributed by atoms with van der Waals surface area (Å²) in [6.45, 7) is 3.26. The Balaban J connectivity index is 2.00. The molecule has 0 aliphatic heterocycles. The van der Waals surface area contributed by atoms with Crippen molar-refractivity contribution in [2.24, 2.45) is 0 Å². The fraction of sp³-hybridized carbons (Fsp3) is 0.273. The summed E-state index contributed by atoms with van der Waals surface area (Å²) < 4.78 is 55.4. The number of nitrogens with one attached hydrogen (secondary N) is 1. The van der Waals surface area contributed by atoms with E-state index in [1.165, 1.54) is 25.1 Å². The van der Waals surface area contributed by atoms with Gasteiger partial charge in [-0.25, -0.2) is 18.7 Å². The molecule has 0 spiro atoms. The Morgan fingerprint density at radius 3 is 2.55 bits per heavy atom. The number of benzene rings is 2. The third-order valence-corrected chi connectivity index (χ3v) is 7.78. The molecule has 7 nitrogen and oxygen atoms in total. The minimum atomic E-state index is -4.58. The Morgan fingerprint density at radius 2 is 1.91 bits per heavy atom. The molecule has 176 valence electrons. The number of para-hydroxylation sites is 1. The van der Waals surface area contributed by atoms with Crippen molar-refractivity contribution in [1.82, 2.24) is 5.09 Å². The molecule has 2 aromatic carbocycles. The van der Waals surface area contributed by atoms with Gasteiger partial charge in [0.15, 0.2) is 0 Å². The number of alkyl halides is 1. The molecular weight excluding hydrogens is 475 g/mol. The van der Waals surface area contributed by atoms with Gasteiger partial charge >= 0.3 is 19.5 Å². The maximum atomic E-state index is 15.7. The molecular formula is C22H22F2NO6PS. The summed E-state index contributed by atoms with van der Waals surface area (Å²) in [7, 11) is -4.58. The monoisotopic (exact) mass is 497 g/mol. The lowest BCUT2D eigenvalue weighted by atomic mass is 10.1. The molecule has 3 aromatic rings. The van der Waals surface area contributed by atoms with E-state index < -0.39 is 42.8 Å². The summed E-state index contributed by atoms with van der Waals surface area (Å²) in [5.74, 6) is -5.51. The lowest BCUT2D eigenvalue weighted by molar-refractivity contribution is -0.145. The highest BCUT2D eigenvalue weighted by atomic mass is 32.1. The Morgan fingerprint density at radius 1 is 1.21 bits per heavy atom. The lowest BCUT2D eigenvalue weighted by Crippen LogP contribution is -2.35. The van der Waals surface area contributed by atoms with Crippen LogP contribution in [0.5, 0.6) is 5.75 Å². The predicted octanol–water partition coefficient (Wildman–Crippen LogP) is 5.91. The van der Waals surface area contributed by atoms with E-state index in [0.717, 1.165) is 23.5 Å². The van der Waals surface area contributed by atoms with Gasteiger partial charge in [-0.05, 0) is 37.6 Å². The first kappa shape index (κ1) is 24.8. The number of esters is 1. The number of thiophene rings is 1. The molecule has 0 bridgehead atoms. The van der Waals surface area contributed by atoms with Gasteiger partial charge in [0.05, 0.1) is 6.61 Å². The summed E-state index contributed by atoms with van der Waals surface area (Å²) in [6.07, 6.45) is 0.562. The lowest BCUT2D eigenvalue weighted by Gasteiger charge is -2.26. The molecule has 3 atom stereocenters. The molecule has 0 saturated carbocycles. The van der Waals surface area contributed by atoms with E-state index >= 15 is 8.78 Å². The van der Waals surface area contributed by atoms with Crippen LogP contribution in [-0.4, -0.2) is 29.7 Å². The number of carboxylic acids is 1. The number of carboxylic acid groups (broad SMARTS) is 1. The molecule has 0 radical (unpaired) electrons. The molecule has 0 fully saturated rings. The van der Waals surface area contributed by atoms with Crippen molar-refractivity contribution in [2.75, 3.05) is 6.61 Å². The Labute approximate surface area is 192 Å². The van der Waals surface area contributed by atoms with Crippen LogP contribution < -0.4 is 9.61 Å². The normalized spacial score (nSPS) is 14.9. The van der Waals surface area contributed by atoms with Gasteiger partial charge in [-0.2, -0.15) is 0 Å². The van der Waals surface area contributed by atoms with Crippen molar-refractivity contribution < 1.29 is 37.3 Å². The third kappa shape index (κ3) is 5.58. The average molecular weight is 497 g/mol. The summed E-state index contributed by atoms with van der Waals surface area (Å²) in [6, 6.07) is 10.0. The van der Waals surface area contributed by atoms with Crippen LogP contribution in [0.15, 0.2) is 48.5 Å². The number of halogens is 2. The van der Waals surface area contributed by atoms with Crippen molar-refractivity contribution >= 4 is 40.9 Å². The van der Waals surface area contributed by atoms with Crippen molar-refractivity contribution in [3.63, 3.8) is 0 Å². The smallest absolute Gasteiger partial charge is 0.355 e. The van der Waals surface area contributed by atoms with Crippen LogP contribution in [0, 0.1) is 5.82 Å². The fourth-order valence-electron chi connectivity index (χ4n) is 2.99. The summed E-state index contributed by atoms with van der Waals surface area (Å²) in [4.78, 5) is 23.3. The first-order chi connectivity index (χ1) is 15.7. The van der Waals surface area contributed by atoms with Crippen LogP contribution in [0.3, 0.4) is 0 Å². The Kier molecular flexibility index (Phi) is 7.84. The highest BCUT2D eigenvalue weighted by molar-refractivity contribution is 7.57. The van der Waals surface area contributed by atoms with E-state index in [9.17, 15) is 14.2 Å². The van der Waals surface area contributed by atoms with Gasteiger partial charge in [0.1, 0.15) is 22.5 Å². The van der Waals surface area contributed by atoms with Crippen molar-refractivity contribution in [1.29, 1.82) is 0 Å². The second kappa shape index (κ2) is 10.4. The fourth-order valence-corrected chi connectivity index (χ4v) is 5.81. The number of hydrogen-bond donors (Lipinski definition) is 2. The number of fused-ring (bicyclic) bond motifs is 1. The molecule has 2 unspecified atom stereocenters. The van der Waals surface area contributed by atoms with Gasteiger partial charge in [-0.15, -0.1) is 11.3 Å². The Hall–Kier alpha value is -2.81. The van der Waals surface area contributed by atoms with Crippen LogP contribution in [0.4, 0.5) is 8.78 Å². The van der Waals surface area contributed by atoms with E-state index in [4.69, 9.17) is 14.4 Å². The highest BCUT2D eigenvalue weighted by Crippen LogP contribution is 2.58. The van der Waals surface area contributed by atoms with Gasteiger partial charge in [-0.1, -0.05) is 31.2 Å². The van der Waals surface area contributed by atoms with Crippen molar-refractivity contribution in [2.45, 2.75) is 32.2 Å². The standard InChI is InChI=1S/C22H22F2NO6PS/c1-3-11-30-22(28)13(2)25-32(29,31-14-7-5-4-6-8-14)20(24)15-9-10-17-16(19(15)23)12-18(33-17)21(26)27/h4-10,12-13,20H,3,11H2,1-2H3,(H,25,29)(H,26,27)/t13-,20?,32?/m0/s1. The Bertz CT molecular complexity index is 1200. The minimum Gasteiger partial charge on any atom is -0.477 e. The number of carbonyl (C=O) groups is 2. The van der Waals surface area contributed by atoms with Crippen LogP contribution in [0.1, 0.15) is 41.4 Å². The van der Waals surface area contributed by atoms with E-state index in [1.807, 2.05) is 0 Å². The van der Waals surface area contributed by atoms with E-state index in [1.54, 1.807) is 25.1 Å². The van der Waals surface area contributed by atoms with E-state index in [2.05, 4.69) is 5.09 Å². The molecule has 0 amide bonds. The number of aromatic carboxylic acids is 1. The molecule has 0 aliphatic carbocycles. The maximum Gasteiger partial charge on any atom is 0.355 e. The summed E-state index contributed by atoms with van der Waals surface area (Å²) in [5, 5.41) is 11.4. The second-order valence-electron chi connectivity index (χ2n) is 7.15. The van der Waals surface area contributed by atoms with E-state index in [-0.39, 0.29) is 22.6 Å². The first-order valence-electron chi connectivity index (χ1n) is 10.0. The topological polar surface area (TPSA) is 102 Å². The van der Waals surface area contributed by atoms with Gasteiger partial charge in [0.25, 0.3) is 0 Å². The zero-order valence-corrected chi connectivity index (χ0v) is 19.5. The van der Waals surface area contributed by atoms with Crippen molar-refractivity contribution in [3.05, 3.63) is 64.8 Å². The first-order valence-corrected chi connectivity index (χ1v) is 12.6. The summed E-state index contributed by atoms with van der Waals surface area (Å²) in [5.41, 5.74) is -0.585. The largest absolute Gasteiger partial charge is 0.477 e. The SMILES string of the molecule is CCCOC(=O)[C@H](C)NP(=O)(Oc1ccccc1)C(F)c1ccc2sc(C(=O)O)cc2c1F. The quantitative estimate of drug-likeness (QED) is 0.265. The summed E-state index contributed by atoms with van der Waals surface area (Å²) >= 11 is 0.833. The maximum absolute atomic E-state index is 15.7. The number of ether oxygens (including phenoxy) is 1. The molecule has 2 N–H and O–H groups in total. The predicted molar refractivity (Wildman–Crippen MR) is 121 cm³/mol. The molecule has 1 aromatic heterocycles.